The number of benzene rings is 1. The molecular weight excluding hydrogens is 258 g/mol. The molecule has 0 bridgehead atoms. The van der Waals surface area contributed by atoms with Crippen molar-refractivity contribution in [2.75, 3.05) is 0 Å². The van der Waals surface area contributed by atoms with E-state index in [1.165, 1.54) is 25.1 Å². The quantitative estimate of drug-likeness (QED) is 0.631. The second-order valence-electron chi connectivity index (χ2n) is 3.74. The highest BCUT2D eigenvalue weighted by atomic mass is 19.1. The Balaban J connectivity index is 2.35. The third-order valence-corrected chi connectivity index (χ3v) is 2.42. The van der Waals surface area contributed by atoms with Crippen molar-refractivity contribution in [2.24, 2.45) is 0 Å². The van der Waals surface area contributed by atoms with Gasteiger partial charge in [-0.15, -0.1) is 0 Å². The SMILES string of the molecule is Cc1noc(C=Cc2ccc(F)cc2F)c1[N+](=O)[O-]. The van der Waals surface area contributed by atoms with Crippen LogP contribution < -0.4 is 0 Å². The number of nitrogens with zero attached hydrogens (tertiary/aromatic N) is 2. The first-order chi connectivity index (χ1) is 8.99. The highest BCUT2D eigenvalue weighted by Gasteiger charge is 2.21. The molecule has 0 saturated carbocycles. The minimum atomic E-state index is -0.768. The monoisotopic (exact) mass is 266 g/mol. The molecule has 0 aliphatic rings. The zero-order valence-electron chi connectivity index (χ0n) is 9.76. The summed E-state index contributed by atoms with van der Waals surface area (Å²) in [6.45, 7) is 1.43. The van der Waals surface area contributed by atoms with Crippen LogP contribution in [0.5, 0.6) is 0 Å². The normalized spacial score (nSPS) is 11.1. The Hall–Kier alpha value is -2.57. The molecule has 0 aliphatic carbocycles. The highest BCUT2D eigenvalue weighted by molar-refractivity contribution is 5.71. The topological polar surface area (TPSA) is 69.2 Å². The second kappa shape index (κ2) is 4.97. The largest absolute Gasteiger partial charge is 0.349 e. The Morgan fingerprint density at radius 2 is 2.11 bits per heavy atom. The predicted octanol–water partition coefficient (Wildman–Crippen LogP) is 3.34. The van der Waals surface area contributed by atoms with E-state index in [4.69, 9.17) is 4.52 Å². The van der Waals surface area contributed by atoms with Crippen molar-refractivity contribution < 1.29 is 18.2 Å². The number of hydrogen-bond acceptors (Lipinski definition) is 4. The van der Waals surface area contributed by atoms with Gasteiger partial charge < -0.3 is 4.52 Å². The van der Waals surface area contributed by atoms with Gasteiger partial charge in [0.15, 0.2) is 5.69 Å². The van der Waals surface area contributed by atoms with E-state index < -0.39 is 16.6 Å². The molecule has 0 amide bonds. The first-order valence-electron chi connectivity index (χ1n) is 5.23. The third kappa shape index (κ3) is 2.65. The molecule has 1 heterocycles. The summed E-state index contributed by atoms with van der Waals surface area (Å²) < 4.78 is 30.8. The molecule has 7 heteroatoms. The fourth-order valence-electron chi connectivity index (χ4n) is 1.52. The molecule has 0 aliphatic heterocycles. The lowest BCUT2D eigenvalue weighted by Crippen LogP contribution is -1.90. The molecule has 0 atom stereocenters. The van der Waals surface area contributed by atoms with Crippen LogP contribution in [-0.2, 0) is 0 Å². The molecule has 0 spiro atoms. The van der Waals surface area contributed by atoms with Crippen molar-refractivity contribution in [1.29, 1.82) is 0 Å². The van der Waals surface area contributed by atoms with E-state index in [2.05, 4.69) is 5.16 Å². The number of nitro groups is 1. The van der Waals surface area contributed by atoms with Crippen molar-refractivity contribution in [1.82, 2.24) is 5.16 Å². The Morgan fingerprint density at radius 3 is 2.74 bits per heavy atom. The Kier molecular flexibility index (Phi) is 3.37. The first kappa shape index (κ1) is 12.9. The zero-order chi connectivity index (χ0) is 14.0. The lowest BCUT2D eigenvalue weighted by molar-refractivity contribution is -0.386. The van der Waals surface area contributed by atoms with E-state index in [0.717, 1.165) is 12.1 Å². The summed E-state index contributed by atoms with van der Waals surface area (Å²) in [7, 11) is 0. The van der Waals surface area contributed by atoms with Crippen LogP contribution >= 0.6 is 0 Å². The minimum absolute atomic E-state index is 0.0877. The molecule has 0 radical (unpaired) electrons. The van der Waals surface area contributed by atoms with Crippen molar-refractivity contribution in [3.63, 3.8) is 0 Å². The Labute approximate surface area is 106 Å². The summed E-state index contributed by atoms with van der Waals surface area (Å²) in [5, 5.41) is 14.2. The average Bonchev–Trinajstić information content (AvgIpc) is 2.69. The van der Waals surface area contributed by atoms with Crippen LogP contribution in [0, 0.1) is 28.7 Å². The van der Waals surface area contributed by atoms with Crippen molar-refractivity contribution in [3.05, 3.63) is 57.0 Å². The maximum Gasteiger partial charge on any atom is 0.338 e. The number of aryl methyl sites for hydroxylation is 1. The number of halogens is 2. The number of rotatable bonds is 3. The number of hydrogen-bond donors (Lipinski definition) is 0. The van der Waals surface area contributed by atoms with Crippen molar-refractivity contribution in [3.8, 4) is 0 Å². The fourth-order valence-corrected chi connectivity index (χ4v) is 1.52. The molecule has 2 rings (SSSR count). The molecule has 19 heavy (non-hydrogen) atoms. The van der Waals surface area contributed by atoms with Crippen LogP contribution in [0.3, 0.4) is 0 Å². The van der Waals surface area contributed by atoms with Crippen LogP contribution in [0.4, 0.5) is 14.5 Å². The van der Waals surface area contributed by atoms with Crippen molar-refractivity contribution in [2.45, 2.75) is 6.92 Å². The van der Waals surface area contributed by atoms with Gasteiger partial charge in [-0.1, -0.05) is 5.16 Å². The molecule has 1 aromatic carbocycles. The average molecular weight is 266 g/mol. The summed E-state index contributed by atoms with van der Waals surface area (Å²) in [6.07, 6.45) is 2.47. The van der Waals surface area contributed by atoms with Crippen molar-refractivity contribution >= 4 is 17.8 Å². The van der Waals surface area contributed by atoms with Gasteiger partial charge in [0.1, 0.15) is 11.6 Å². The molecule has 2 aromatic rings. The van der Waals surface area contributed by atoms with Crippen LogP contribution in [0.15, 0.2) is 22.7 Å². The summed E-state index contributed by atoms with van der Waals surface area (Å²) in [6, 6.07) is 3.03. The van der Waals surface area contributed by atoms with Gasteiger partial charge in [-0.3, -0.25) is 10.1 Å². The summed E-state index contributed by atoms with van der Waals surface area (Å²) in [4.78, 5) is 10.1. The van der Waals surface area contributed by atoms with E-state index in [1.807, 2.05) is 0 Å². The first-order valence-corrected chi connectivity index (χ1v) is 5.23. The van der Waals surface area contributed by atoms with Gasteiger partial charge in [0.25, 0.3) is 0 Å². The standard InChI is InChI=1S/C12H8F2N2O3/c1-7-12(16(17)18)11(19-15-7)5-3-8-2-4-9(13)6-10(8)14/h2-6H,1H3. The maximum atomic E-state index is 13.3. The van der Waals surface area contributed by atoms with Crippen LogP contribution in [0.2, 0.25) is 0 Å². The van der Waals surface area contributed by atoms with Crippen LogP contribution in [0.25, 0.3) is 12.2 Å². The van der Waals surface area contributed by atoms with E-state index in [9.17, 15) is 18.9 Å². The zero-order valence-corrected chi connectivity index (χ0v) is 9.76. The fraction of sp³-hybridized carbons (Fsp3) is 0.0833. The lowest BCUT2D eigenvalue weighted by Gasteiger charge is -1.95. The molecule has 1 aromatic heterocycles. The lowest BCUT2D eigenvalue weighted by atomic mass is 10.2. The van der Waals surface area contributed by atoms with Crippen LogP contribution in [0.1, 0.15) is 17.0 Å². The Bertz CT molecular complexity index is 665. The Morgan fingerprint density at radius 1 is 1.37 bits per heavy atom. The molecule has 0 unspecified atom stereocenters. The van der Waals surface area contributed by atoms with Gasteiger partial charge in [-0.2, -0.15) is 0 Å². The summed E-state index contributed by atoms with van der Waals surface area (Å²) in [5.41, 5.74) is -0.0623. The predicted molar refractivity (Wildman–Crippen MR) is 63.2 cm³/mol. The van der Waals surface area contributed by atoms with Crippen LogP contribution in [-0.4, -0.2) is 10.1 Å². The molecule has 0 N–H and O–H groups in total. The van der Waals surface area contributed by atoms with Gasteiger partial charge in [-0.05, 0) is 31.2 Å². The van der Waals surface area contributed by atoms with Gasteiger partial charge in [0.05, 0.1) is 4.92 Å². The minimum Gasteiger partial charge on any atom is -0.349 e. The van der Waals surface area contributed by atoms with E-state index in [0.29, 0.717) is 0 Å². The van der Waals surface area contributed by atoms with Gasteiger partial charge >= 0.3 is 5.69 Å². The molecule has 0 fully saturated rings. The third-order valence-electron chi connectivity index (χ3n) is 2.42. The molecule has 0 saturated heterocycles. The number of aromatic nitrogens is 1. The summed E-state index contributed by atoms with van der Waals surface area (Å²) in [5.74, 6) is -1.56. The molecular formula is C12H8F2N2O3. The summed E-state index contributed by atoms with van der Waals surface area (Å²) >= 11 is 0. The smallest absolute Gasteiger partial charge is 0.338 e. The maximum absolute atomic E-state index is 13.3. The van der Waals surface area contributed by atoms with E-state index in [1.54, 1.807) is 0 Å². The second-order valence-corrected chi connectivity index (χ2v) is 3.74. The van der Waals surface area contributed by atoms with E-state index >= 15 is 0 Å². The molecule has 98 valence electrons. The molecule has 5 nitrogen and oxygen atoms in total. The highest BCUT2D eigenvalue weighted by Crippen LogP contribution is 2.24. The van der Waals surface area contributed by atoms with Gasteiger partial charge in [0.2, 0.25) is 5.76 Å². The van der Waals surface area contributed by atoms with Gasteiger partial charge in [0, 0.05) is 11.6 Å². The van der Waals surface area contributed by atoms with Gasteiger partial charge in [-0.25, -0.2) is 8.78 Å². The van der Waals surface area contributed by atoms with E-state index in [-0.39, 0.29) is 22.7 Å².